The molecule has 2 amide bonds. The zero-order valence-corrected chi connectivity index (χ0v) is 16.8. The molecule has 0 atom stereocenters. The predicted molar refractivity (Wildman–Crippen MR) is 109 cm³/mol. The number of likely N-dealkylation sites (N-methyl/N-ethyl adjacent to an activating group) is 1. The maximum atomic E-state index is 12.1. The first kappa shape index (κ1) is 20.7. The van der Waals surface area contributed by atoms with Crippen molar-refractivity contribution in [1.82, 2.24) is 4.90 Å². The second kappa shape index (κ2) is 8.98. The highest BCUT2D eigenvalue weighted by molar-refractivity contribution is 6.33. The van der Waals surface area contributed by atoms with Gasteiger partial charge >= 0.3 is 5.97 Å². The molecule has 3 rings (SSSR count). The van der Waals surface area contributed by atoms with Crippen molar-refractivity contribution in [3.05, 3.63) is 64.3 Å². The van der Waals surface area contributed by atoms with E-state index in [1.165, 1.54) is 13.1 Å². The van der Waals surface area contributed by atoms with E-state index in [4.69, 9.17) is 32.4 Å². The molecule has 0 aliphatic rings. The summed E-state index contributed by atoms with van der Waals surface area (Å²) in [7, 11) is 1.42. The number of nitrogens with zero attached hydrogens (tertiary/aromatic N) is 1. The number of anilines is 1. The largest absolute Gasteiger partial charge is 0.450 e. The quantitative estimate of drug-likeness (QED) is 0.592. The average molecular weight is 435 g/mol. The first-order valence-electron chi connectivity index (χ1n) is 8.48. The van der Waals surface area contributed by atoms with Gasteiger partial charge in [0.25, 0.3) is 5.91 Å². The van der Waals surface area contributed by atoms with Crippen molar-refractivity contribution in [2.75, 3.05) is 25.5 Å². The maximum Gasteiger partial charge on any atom is 0.374 e. The lowest BCUT2D eigenvalue weighted by atomic mass is 10.2. The first-order chi connectivity index (χ1) is 13.8. The molecule has 0 saturated carbocycles. The zero-order chi connectivity index (χ0) is 21.0. The van der Waals surface area contributed by atoms with Crippen LogP contribution in [0.3, 0.4) is 0 Å². The molecule has 29 heavy (non-hydrogen) atoms. The minimum atomic E-state index is -0.792. The number of halogens is 2. The van der Waals surface area contributed by atoms with E-state index in [0.29, 0.717) is 26.7 Å². The SMILES string of the molecule is CN(CC(=O)Nc1ccccc1Cl)C(=O)COC(=O)c1cc2cc(Cl)ccc2o1. The standard InChI is InChI=1S/C20H16Cl2N2O5/c1-24(10-18(25)23-15-5-3-2-4-14(15)22)19(26)11-28-20(27)17-9-12-8-13(21)6-7-16(12)29-17/h2-9H,10-11H2,1H3,(H,23,25). The van der Waals surface area contributed by atoms with Gasteiger partial charge in [0.05, 0.1) is 17.3 Å². The average Bonchev–Trinajstić information content (AvgIpc) is 3.10. The molecule has 7 nitrogen and oxygen atoms in total. The Hall–Kier alpha value is -3.03. The summed E-state index contributed by atoms with van der Waals surface area (Å²) in [6.07, 6.45) is 0. The van der Waals surface area contributed by atoms with Crippen LogP contribution < -0.4 is 5.32 Å². The monoisotopic (exact) mass is 434 g/mol. The van der Waals surface area contributed by atoms with E-state index in [1.807, 2.05) is 0 Å². The molecule has 2 aromatic carbocycles. The van der Waals surface area contributed by atoms with Gasteiger partial charge < -0.3 is 19.4 Å². The second-order valence-corrected chi connectivity index (χ2v) is 6.99. The van der Waals surface area contributed by atoms with Crippen molar-refractivity contribution in [1.29, 1.82) is 0 Å². The third-order valence-corrected chi connectivity index (χ3v) is 4.53. The molecule has 0 aliphatic carbocycles. The van der Waals surface area contributed by atoms with Gasteiger partial charge in [0, 0.05) is 17.5 Å². The first-order valence-corrected chi connectivity index (χ1v) is 9.23. The molecule has 0 fully saturated rings. The zero-order valence-electron chi connectivity index (χ0n) is 15.3. The van der Waals surface area contributed by atoms with Crippen molar-refractivity contribution in [3.63, 3.8) is 0 Å². The number of esters is 1. The van der Waals surface area contributed by atoms with E-state index in [-0.39, 0.29) is 12.3 Å². The predicted octanol–water partition coefficient (Wildman–Crippen LogP) is 3.99. The number of amides is 2. The molecule has 9 heteroatoms. The van der Waals surface area contributed by atoms with Crippen LogP contribution in [-0.4, -0.2) is 42.9 Å². The summed E-state index contributed by atoms with van der Waals surface area (Å²) >= 11 is 11.9. The number of fused-ring (bicyclic) bond motifs is 1. The molecule has 3 aromatic rings. The lowest BCUT2D eigenvalue weighted by Gasteiger charge is -2.16. The van der Waals surface area contributed by atoms with Crippen molar-refractivity contribution in [3.8, 4) is 0 Å². The number of carbonyl (C=O) groups excluding carboxylic acids is 3. The van der Waals surface area contributed by atoms with Crippen molar-refractivity contribution in [2.45, 2.75) is 0 Å². The van der Waals surface area contributed by atoms with Gasteiger partial charge in [-0.1, -0.05) is 35.3 Å². The van der Waals surface area contributed by atoms with Gasteiger partial charge in [-0.05, 0) is 36.4 Å². The summed E-state index contributed by atoms with van der Waals surface area (Å²) in [6, 6.07) is 13.1. The molecular formula is C20H16Cl2N2O5. The number of rotatable bonds is 6. The van der Waals surface area contributed by atoms with Crippen molar-refractivity contribution >= 4 is 57.6 Å². The van der Waals surface area contributed by atoms with Gasteiger partial charge in [-0.15, -0.1) is 0 Å². The van der Waals surface area contributed by atoms with Crippen LogP contribution in [0.1, 0.15) is 10.6 Å². The third kappa shape index (κ3) is 5.28. The molecule has 0 unspecified atom stereocenters. The number of benzene rings is 2. The van der Waals surface area contributed by atoms with Crippen molar-refractivity contribution < 1.29 is 23.5 Å². The fraction of sp³-hybridized carbons (Fsp3) is 0.150. The van der Waals surface area contributed by atoms with Crippen LogP contribution in [0, 0.1) is 0 Å². The fourth-order valence-electron chi connectivity index (χ4n) is 2.48. The van der Waals surface area contributed by atoms with E-state index in [1.54, 1.807) is 42.5 Å². The minimum absolute atomic E-state index is 0.0471. The number of hydrogen-bond donors (Lipinski definition) is 1. The Balaban J connectivity index is 1.51. The van der Waals surface area contributed by atoms with Crippen molar-refractivity contribution in [2.24, 2.45) is 0 Å². The molecule has 1 aromatic heterocycles. The van der Waals surface area contributed by atoms with E-state index in [0.717, 1.165) is 4.90 Å². The van der Waals surface area contributed by atoms with Crippen LogP contribution in [0.2, 0.25) is 10.0 Å². The van der Waals surface area contributed by atoms with Crippen LogP contribution in [0.15, 0.2) is 52.9 Å². The number of para-hydroxylation sites is 1. The smallest absolute Gasteiger partial charge is 0.374 e. The molecule has 0 saturated heterocycles. The summed E-state index contributed by atoms with van der Waals surface area (Å²) in [4.78, 5) is 37.5. The van der Waals surface area contributed by atoms with Gasteiger partial charge in [0.15, 0.2) is 6.61 Å². The fourth-order valence-corrected chi connectivity index (χ4v) is 2.84. The maximum absolute atomic E-state index is 12.1. The lowest BCUT2D eigenvalue weighted by Crippen LogP contribution is -2.37. The lowest BCUT2D eigenvalue weighted by molar-refractivity contribution is -0.136. The Kier molecular flexibility index (Phi) is 6.41. The summed E-state index contributed by atoms with van der Waals surface area (Å²) in [5, 5.41) is 4.14. The van der Waals surface area contributed by atoms with E-state index in [2.05, 4.69) is 5.32 Å². The summed E-state index contributed by atoms with van der Waals surface area (Å²) in [5.41, 5.74) is 0.914. The number of furan rings is 1. The highest BCUT2D eigenvalue weighted by Gasteiger charge is 2.19. The van der Waals surface area contributed by atoms with Gasteiger partial charge in [0.1, 0.15) is 5.58 Å². The highest BCUT2D eigenvalue weighted by atomic mass is 35.5. The normalized spacial score (nSPS) is 10.6. The van der Waals surface area contributed by atoms with E-state index in [9.17, 15) is 14.4 Å². The Morgan fingerprint density at radius 2 is 1.86 bits per heavy atom. The summed E-state index contributed by atoms with van der Waals surface area (Å²) in [6.45, 7) is -0.767. The Labute approximate surface area is 176 Å². The third-order valence-electron chi connectivity index (χ3n) is 3.96. The number of carbonyl (C=O) groups is 3. The number of nitrogens with one attached hydrogen (secondary N) is 1. The Morgan fingerprint density at radius 1 is 1.10 bits per heavy atom. The molecule has 1 heterocycles. The highest BCUT2D eigenvalue weighted by Crippen LogP contribution is 2.23. The summed E-state index contributed by atoms with van der Waals surface area (Å²) in [5.74, 6) is -1.82. The molecular weight excluding hydrogens is 419 g/mol. The summed E-state index contributed by atoms with van der Waals surface area (Å²) < 4.78 is 10.4. The van der Waals surface area contributed by atoms with Gasteiger partial charge in [-0.2, -0.15) is 0 Å². The molecule has 0 bridgehead atoms. The molecule has 0 spiro atoms. The van der Waals surface area contributed by atoms with Crippen LogP contribution in [-0.2, 0) is 14.3 Å². The minimum Gasteiger partial charge on any atom is -0.450 e. The molecule has 0 aliphatic heterocycles. The van der Waals surface area contributed by atoms with Crippen LogP contribution in [0.4, 0.5) is 5.69 Å². The molecule has 0 radical (unpaired) electrons. The molecule has 1 N–H and O–H groups in total. The van der Waals surface area contributed by atoms with E-state index >= 15 is 0 Å². The Morgan fingerprint density at radius 3 is 2.62 bits per heavy atom. The van der Waals surface area contributed by atoms with Gasteiger partial charge in [0.2, 0.25) is 11.7 Å². The molecule has 150 valence electrons. The van der Waals surface area contributed by atoms with E-state index < -0.39 is 24.4 Å². The second-order valence-electron chi connectivity index (χ2n) is 6.15. The number of hydrogen-bond acceptors (Lipinski definition) is 5. The number of ether oxygens (including phenoxy) is 1. The van der Waals surface area contributed by atoms with Crippen LogP contribution in [0.5, 0.6) is 0 Å². The Bertz CT molecular complexity index is 1080. The van der Waals surface area contributed by atoms with Crippen LogP contribution in [0.25, 0.3) is 11.0 Å². The van der Waals surface area contributed by atoms with Gasteiger partial charge in [-0.25, -0.2) is 4.79 Å². The topological polar surface area (TPSA) is 88.9 Å². The van der Waals surface area contributed by atoms with Gasteiger partial charge in [-0.3, -0.25) is 9.59 Å². The van der Waals surface area contributed by atoms with Crippen LogP contribution >= 0.6 is 23.2 Å².